The number of aliphatic hydroxyl groups is 1. The third-order valence-corrected chi connectivity index (χ3v) is 2.56. The molecule has 2 nitrogen and oxygen atoms in total. The monoisotopic (exact) mass is 235 g/mol. The fourth-order valence-electron chi connectivity index (χ4n) is 1.10. The molecule has 0 heterocycles. The topological polar surface area (TPSA) is 46.2 Å². The van der Waals surface area contributed by atoms with Gasteiger partial charge >= 0.3 is 0 Å². The highest BCUT2D eigenvalue weighted by molar-refractivity contribution is 6.21. The van der Waals surface area contributed by atoms with Gasteiger partial charge in [-0.3, -0.25) is 0 Å². The van der Waals surface area contributed by atoms with Crippen LogP contribution in [0.2, 0.25) is 0 Å². The van der Waals surface area contributed by atoms with Crippen LogP contribution in [0.1, 0.15) is 17.9 Å². The van der Waals surface area contributed by atoms with Crippen LogP contribution in [0.15, 0.2) is 30.3 Å². The lowest BCUT2D eigenvalue weighted by Crippen LogP contribution is -2.36. The van der Waals surface area contributed by atoms with Gasteiger partial charge in [-0.25, -0.2) is 0 Å². The number of aliphatic hydroxyl groups excluding tert-OH is 1. The van der Waals surface area contributed by atoms with Crippen molar-refractivity contribution in [2.75, 3.05) is 0 Å². The van der Waals surface area contributed by atoms with Crippen LogP contribution in [0.5, 0.6) is 0 Å². The van der Waals surface area contributed by atoms with E-state index in [9.17, 15) is 5.11 Å². The van der Waals surface area contributed by atoms with E-state index in [-0.39, 0.29) is 17.8 Å². The number of nitrogens with two attached hydrogens (primary N) is 1. The molecular weight excluding hydrogens is 221 g/mol. The zero-order valence-corrected chi connectivity index (χ0v) is 9.50. The lowest BCUT2D eigenvalue weighted by Gasteiger charge is -2.20. The predicted octanol–water partition coefficient (Wildman–Crippen LogP) is 2.10. The molecule has 0 bridgehead atoms. The Labute approximate surface area is 95.5 Å². The highest BCUT2D eigenvalue weighted by atomic mass is 35.5. The second-order valence-corrected chi connectivity index (χ2v) is 3.60. The van der Waals surface area contributed by atoms with E-state index in [1.165, 1.54) is 0 Å². The molecule has 0 aliphatic carbocycles. The van der Waals surface area contributed by atoms with Gasteiger partial charge in [0.25, 0.3) is 0 Å². The van der Waals surface area contributed by atoms with Crippen LogP contribution in [-0.2, 0) is 0 Å². The lowest BCUT2D eigenvalue weighted by molar-refractivity contribution is 0.161. The largest absolute Gasteiger partial charge is 0.392 e. The van der Waals surface area contributed by atoms with Crippen molar-refractivity contribution < 1.29 is 5.11 Å². The second-order valence-electron chi connectivity index (χ2n) is 3.13. The Hall–Kier alpha value is -0.280. The number of rotatable bonds is 3. The Bertz CT molecular complexity index is 254. The van der Waals surface area contributed by atoms with Gasteiger partial charge in [-0.15, -0.1) is 24.0 Å². The first-order valence-electron chi connectivity index (χ1n) is 4.25. The summed E-state index contributed by atoms with van der Waals surface area (Å²) >= 11 is 6.07. The van der Waals surface area contributed by atoms with E-state index >= 15 is 0 Å². The van der Waals surface area contributed by atoms with Crippen molar-refractivity contribution in [3.05, 3.63) is 35.9 Å². The normalized spacial score (nSPS) is 16.6. The molecule has 1 aromatic carbocycles. The summed E-state index contributed by atoms with van der Waals surface area (Å²) in [5.41, 5.74) is 6.65. The van der Waals surface area contributed by atoms with Gasteiger partial charge in [0.1, 0.15) is 0 Å². The van der Waals surface area contributed by atoms with Gasteiger partial charge in [0.2, 0.25) is 0 Å². The molecule has 0 fully saturated rings. The van der Waals surface area contributed by atoms with Gasteiger partial charge < -0.3 is 10.8 Å². The lowest BCUT2D eigenvalue weighted by atomic mass is 10.0. The number of benzene rings is 1. The Kier molecular flexibility index (Phi) is 6.12. The number of alkyl halides is 1. The Morgan fingerprint density at radius 1 is 1.29 bits per heavy atom. The predicted molar refractivity (Wildman–Crippen MR) is 61.9 cm³/mol. The Morgan fingerprint density at radius 2 is 1.79 bits per heavy atom. The molecule has 0 aliphatic rings. The van der Waals surface area contributed by atoms with E-state index in [0.717, 1.165) is 5.56 Å². The number of halogens is 2. The molecule has 4 heteroatoms. The minimum atomic E-state index is -0.595. The van der Waals surface area contributed by atoms with Gasteiger partial charge in [-0.2, -0.15) is 0 Å². The van der Waals surface area contributed by atoms with Gasteiger partial charge in [0.05, 0.1) is 17.5 Å². The van der Waals surface area contributed by atoms with Crippen molar-refractivity contribution in [1.82, 2.24) is 0 Å². The molecule has 1 aromatic rings. The maximum atomic E-state index is 9.24. The van der Waals surface area contributed by atoms with Crippen molar-refractivity contribution in [2.24, 2.45) is 5.73 Å². The first-order valence-corrected chi connectivity index (χ1v) is 4.69. The molecule has 3 atom stereocenters. The fourth-order valence-corrected chi connectivity index (χ4v) is 1.46. The molecule has 1 rings (SSSR count). The molecule has 3 N–H and O–H groups in total. The van der Waals surface area contributed by atoms with Crippen molar-refractivity contribution in [1.29, 1.82) is 0 Å². The van der Waals surface area contributed by atoms with Gasteiger partial charge in [0.15, 0.2) is 0 Å². The van der Waals surface area contributed by atoms with Crippen LogP contribution in [0.3, 0.4) is 0 Å². The molecule has 14 heavy (non-hydrogen) atoms. The van der Waals surface area contributed by atoms with Gasteiger partial charge in [0, 0.05) is 0 Å². The standard InChI is InChI=1S/C10H14ClNO.ClH/c1-7(13)10(12)9(11)8-5-3-2-4-6-8;/h2-7,9-10,13H,12H2,1H3;1H/t7-,9?,10-;/m0./s1. The summed E-state index contributed by atoms with van der Waals surface area (Å²) in [6.45, 7) is 1.64. The van der Waals surface area contributed by atoms with E-state index in [0.29, 0.717) is 0 Å². The molecular formula is C10H15Cl2NO. The molecule has 80 valence electrons. The summed E-state index contributed by atoms with van der Waals surface area (Å²) in [6, 6.07) is 9.10. The molecule has 0 saturated carbocycles. The van der Waals surface area contributed by atoms with Crippen molar-refractivity contribution in [3.63, 3.8) is 0 Å². The zero-order chi connectivity index (χ0) is 9.84. The molecule has 0 aromatic heterocycles. The van der Waals surface area contributed by atoms with E-state index in [2.05, 4.69) is 0 Å². The average Bonchev–Trinajstić information content (AvgIpc) is 2.17. The quantitative estimate of drug-likeness (QED) is 0.789. The van der Waals surface area contributed by atoms with Crippen LogP contribution in [0.25, 0.3) is 0 Å². The number of hydrogen-bond donors (Lipinski definition) is 2. The summed E-state index contributed by atoms with van der Waals surface area (Å²) in [6.07, 6.45) is -0.595. The Morgan fingerprint density at radius 3 is 2.21 bits per heavy atom. The average molecular weight is 236 g/mol. The van der Waals surface area contributed by atoms with Crippen LogP contribution in [0, 0.1) is 0 Å². The highest BCUT2D eigenvalue weighted by Gasteiger charge is 2.20. The first-order chi connectivity index (χ1) is 6.13. The van der Waals surface area contributed by atoms with E-state index in [4.69, 9.17) is 17.3 Å². The van der Waals surface area contributed by atoms with Gasteiger partial charge in [-0.1, -0.05) is 30.3 Å². The third kappa shape index (κ3) is 3.46. The van der Waals surface area contributed by atoms with Crippen LogP contribution in [-0.4, -0.2) is 17.3 Å². The summed E-state index contributed by atoms with van der Waals surface area (Å²) in [4.78, 5) is 0. The minimum Gasteiger partial charge on any atom is -0.392 e. The van der Waals surface area contributed by atoms with E-state index in [1.807, 2.05) is 30.3 Å². The third-order valence-electron chi connectivity index (χ3n) is 2.01. The summed E-state index contributed by atoms with van der Waals surface area (Å²) in [5, 5.41) is 8.91. The molecule has 0 amide bonds. The first kappa shape index (κ1) is 13.7. The van der Waals surface area contributed by atoms with Crippen LogP contribution >= 0.6 is 24.0 Å². The molecule has 1 unspecified atom stereocenters. The summed E-state index contributed by atoms with van der Waals surface area (Å²) in [7, 11) is 0. The van der Waals surface area contributed by atoms with Crippen molar-refractivity contribution in [2.45, 2.75) is 24.4 Å². The molecule has 0 saturated heterocycles. The maximum absolute atomic E-state index is 9.24. The van der Waals surface area contributed by atoms with Crippen LogP contribution in [0.4, 0.5) is 0 Å². The molecule has 0 radical (unpaired) electrons. The fraction of sp³-hybridized carbons (Fsp3) is 0.400. The van der Waals surface area contributed by atoms with Crippen molar-refractivity contribution >= 4 is 24.0 Å². The molecule has 0 aliphatic heterocycles. The summed E-state index contributed by atoms with van der Waals surface area (Å²) in [5.74, 6) is 0. The second kappa shape index (κ2) is 6.25. The Balaban J connectivity index is 0.00000169. The minimum absolute atomic E-state index is 0. The van der Waals surface area contributed by atoms with E-state index < -0.39 is 12.1 Å². The highest BCUT2D eigenvalue weighted by Crippen LogP contribution is 2.24. The summed E-state index contributed by atoms with van der Waals surface area (Å²) < 4.78 is 0. The number of hydrogen-bond acceptors (Lipinski definition) is 2. The SMILES string of the molecule is C[C@H](O)[C@H](N)C(Cl)c1ccccc1.Cl. The van der Waals surface area contributed by atoms with E-state index in [1.54, 1.807) is 6.92 Å². The zero-order valence-electron chi connectivity index (χ0n) is 7.93. The van der Waals surface area contributed by atoms with Crippen LogP contribution < -0.4 is 5.73 Å². The smallest absolute Gasteiger partial charge is 0.0761 e. The van der Waals surface area contributed by atoms with Crippen molar-refractivity contribution in [3.8, 4) is 0 Å². The van der Waals surface area contributed by atoms with Gasteiger partial charge in [-0.05, 0) is 12.5 Å². The molecule has 0 spiro atoms. The maximum Gasteiger partial charge on any atom is 0.0761 e.